The molecule has 0 radical (unpaired) electrons. The van der Waals surface area contributed by atoms with Crippen LogP contribution >= 0.6 is 0 Å². The normalized spacial score (nSPS) is 45.2. The van der Waals surface area contributed by atoms with Crippen LogP contribution in [0.4, 0.5) is 0 Å². The molecule has 0 bridgehead atoms. The lowest BCUT2D eigenvalue weighted by molar-refractivity contribution is -0.143. The molecule has 2 rings (SSSR count). The van der Waals surface area contributed by atoms with Crippen LogP contribution in [-0.4, -0.2) is 12.6 Å². The van der Waals surface area contributed by atoms with E-state index < -0.39 is 5.41 Å². The van der Waals surface area contributed by atoms with Gasteiger partial charge in [-0.05, 0) is 6.42 Å². The first-order chi connectivity index (χ1) is 4.29. The molecule has 0 spiro atoms. The molecule has 3 heteroatoms. The van der Waals surface area contributed by atoms with Crippen molar-refractivity contribution in [3.8, 4) is 6.07 Å². The van der Waals surface area contributed by atoms with Gasteiger partial charge in [-0.2, -0.15) is 5.26 Å². The number of esters is 1. The molecule has 0 N–H and O–H groups in total. The Kier molecular flexibility index (Phi) is 0.590. The Bertz CT molecular complexity index is 218. The summed E-state index contributed by atoms with van der Waals surface area (Å²) in [4.78, 5) is 10.7. The molecule has 2 atom stereocenters. The average molecular weight is 123 g/mol. The quantitative estimate of drug-likeness (QED) is 0.428. The second-order valence-electron chi connectivity index (χ2n) is 2.58. The van der Waals surface area contributed by atoms with E-state index in [2.05, 4.69) is 4.74 Å². The Morgan fingerprint density at radius 1 is 1.89 bits per heavy atom. The number of nitriles is 1. The zero-order chi connectivity index (χ0) is 6.48. The minimum absolute atomic E-state index is 0.218. The number of rotatable bonds is 0. The topological polar surface area (TPSA) is 50.1 Å². The van der Waals surface area contributed by atoms with E-state index in [1.54, 1.807) is 0 Å². The molecule has 0 aromatic heterocycles. The minimum atomic E-state index is -0.694. The Morgan fingerprint density at radius 3 is 2.89 bits per heavy atom. The molecular formula is C6H5NO2. The average Bonchev–Trinajstić information content (AvgIpc) is 2.52. The van der Waals surface area contributed by atoms with Gasteiger partial charge in [0.1, 0.15) is 0 Å². The number of hydrogen-bond donors (Lipinski definition) is 0. The van der Waals surface area contributed by atoms with Crippen LogP contribution in [0.2, 0.25) is 0 Å². The van der Waals surface area contributed by atoms with Crippen molar-refractivity contribution in [3.05, 3.63) is 0 Å². The fourth-order valence-corrected chi connectivity index (χ4v) is 1.27. The van der Waals surface area contributed by atoms with Gasteiger partial charge in [0.05, 0.1) is 12.7 Å². The van der Waals surface area contributed by atoms with Gasteiger partial charge in [0.2, 0.25) is 0 Å². The van der Waals surface area contributed by atoms with E-state index in [1.807, 2.05) is 6.07 Å². The van der Waals surface area contributed by atoms with Crippen molar-refractivity contribution in [3.63, 3.8) is 0 Å². The summed E-state index contributed by atoms with van der Waals surface area (Å²) in [7, 11) is 0. The van der Waals surface area contributed by atoms with Gasteiger partial charge in [0, 0.05) is 5.92 Å². The number of ether oxygens (including phenoxy) is 1. The maximum Gasteiger partial charge on any atom is 0.326 e. The molecule has 1 aliphatic carbocycles. The highest BCUT2D eigenvalue weighted by Gasteiger charge is 2.67. The highest BCUT2D eigenvalue weighted by atomic mass is 16.5. The van der Waals surface area contributed by atoms with Crippen LogP contribution in [0.5, 0.6) is 0 Å². The number of carbonyl (C=O) groups excluding carboxylic acids is 1. The number of cyclic esters (lactones) is 1. The number of carbonyl (C=O) groups is 1. The first-order valence-electron chi connectivity index (χ1n) is 2.88. The maximum absolute atomic E-state index is 10.7. The van der Waals surface area contributed by atoms with Crippen LogP contribution in [-0.2, 0) is 9.53 Å². The second-order valence-corrected chi connectivity index (χ2v) is 2.58. The van der Waals surface area contributed by atoms with Gasteiger partial charge < -0.3 is 4.74 Å². The van der Waals surface area contributed by atoms with E-state index in [1.165, 1.54) is 0 Å². The van der Waals surface area contributed by atoms with Gasteiger partial charge in [-0.15, -0.1) is 0 Å². The molecule has 9 heavy (non-hydrogen) atoms. The summed E-state index contributed by atoms with van der Waals surface area (Å²) in [5.41, 5.74) is -0.694. The van der Waals surface area contributed by atoms with Crippen molar-refractivity contribution in [2.45, 2.75) is 6.42 Å². The lowest BCUT2D eigenvalue weighted by atomic mass is 10.1. The van der Waals surface area contributed by atoms with Gasteiger partial charge in [-0.25, -0.2) is 0 Å². The summed E-state index contributed by atoms with van der Waals surface area (Å²) in [6.45, 7) is 0.465. The maximum atomic E-state index is 10.7. The monoisotopic (exact) mass is 123 g/mol. The molecule has 0 aromatic carbocycles. The molecule has 2 unspecified atom stereocenters. The van der Waals surface area contributed by atoms with E-state index in [0.717, 1.165) is 6.42 Å². The van der Waals surface area contributed by atoms with Crippen molar-refractivity contribution in [1.29, 1.82) is 5.26 Å². The zero-order valence-corrected chi connectivity index (χ0v) is 4.76. The molecule has 1 saturated carbocycles. The Morgan fingerprint density at radius 2 is 2.67 bits per heavy atom. The van der Waals surface area contributed by atoms with Gasteiger partial charge in [0.15, 0.2) is 5.41 Å². The molecule has 3 nitrogen and oxygen atoms in total. The largest absolute Gasteiger partial charge is 0.464 e. The fourth-order valence-electron chi connectivity index (χ4n) is 1.27. The van der Waals surface area contributed by atoms with Crippen LogP contribution in [0.15, 0.2) is 0 Å². The molecule has 0 aromatic rings. The molecule has 1 heterocycles. The van der Waals surface area contributed by atoms with Crippen molar-refractivity contribution < 1.29 is 9.53 Å². The highest BCUT2D eigenvalue weighted by molar-refractivity contribution is 5.86. The van der Waals surface area contributed by atoms with Crippen LogP contribution in [0.1, 0.15) is 6.42 Å². The summed E-state index contributed by atoms with van der Waals surface area (Å²) in [6.07, 6.45) is 0.725. The lowest BCUT2D eigenvalue weighted by Gasteiger charge is -1.94. The SMILES string of the molecule is N#CC12CC1COC2=O. The predicted octanol–water partition coefficient (Wildman–Crippen LogP) is 0.0731. The summed E-state index contributed by atoms with van der Waals surface area (Å²) < 4.78 is 4.65. The third-order valence-corrected chi connectivity index (χ3v) is 2.08. The van der Waals surface area contributed by atoms with E-state index in [-0.39, 0.29) is 11.9 Å². The number of fused-ring (bicyclic) bond motifs is 1. The molecular weight excluding hydrogens is 118 g/mol. The van der Waals surface area contributed by atoms with Crippen LogP contribution < -0.4 is 0 Å². The highest BCUT2D eigenvalue weighted by Crippen LogP contribution is 2.56. The van der Waals surface area contributed by atoms with E-state index in [4.69, 9.17) is 5.26 Å². The van der Waals surface area contributed by atoms with Crippen molar-refractivity contribution in [2.75, 3.05) is 6.61 Å². The first-order valence-corrected chi connectivity index (χ1v) is 2.88. The molecule has 0 amide bonds. The molecule has 46 valence electrons. The Labute approximate surface area is 52.2 Å². The third kappa shape index (κ3) is 0.355. The Hall–Kier alpha value is -1.04. The first kappa shape index (κ1) is 4.80. The molecule has 2 aliphatic rings. The fraction of sp³-hybridized carbons (Fsp3) is 0.667. The number of hydrogen-bond acceptors (Lipinski definition) is 3. The van der Waals surface area contributed by atoms with Gasteiger partial charge >= 0.3 is 5.97 Å². The summed E-state index contributed by atoms with van der Waals surface area (Å²) >= 11 is 0. The Balaban J connectivity index is 2.36. The zero-order valence-electron chi connectivity index (χ0n) is 4.76. The molecule has 1 aliphatic heterocycles. The standard InChI is InChI=1S/C6H5NO2/c7-3-6-1-4(6)2-9-5(6)8/h4H,1-2H2. The molecule has 2 fully saturated rings. The van der Waals surface area contributed by atoms with Crippen molar-refractivity contribution >= 4 is 5.97 Å². The second kappa shape index (κ2) is 1.10. The van der Waals surface area contributed by atoms with E-state index in [0.29, 0.717) is 6.61 Å². The summed E-state index contributed by atoms with van der Waals surface area (Å²) in [5.74, 6) is -0.0926. The summed E-state index contributed by atoms with van der Waals surface area (Å²) in [6, 6.07) is 1.99. The van der Waals surface area contributed by atoms with Crippen molar-refractivity contribution in [2.24, 2.45) is 11.3 Å². The van der Waals surface area contributed by atoms with Gasteiger partial charge in [-0.1, -0.05) is 0 Å². The third-order valence-electron chi connectivity index (χ3n) is 2.08. The predicted molar refractivity (Wildman–Crippen MR) is 27.1 cm³/mol. The summed E-state index contributed by atoms with van der Waals surface area (Å²) in [5, 5.41) is 8.49. The van der Waals surface area contributed by atoms with Crippen LogP contribution in [0, 0.1) is 22.7 Å². The van der Waals surface area contributed by atoms with Crippen molar-refractivity contribution in [1.82, 2.24) is 0 Å². The number of nitrogens with zero attached hydrogens (tertiary/aromatic N) is 1. The van der Waals surface area contributed by atoms with Crippen LogP contribution in [0.3, 0.4) is 0 Å². The van der Waals surface area contributed by atoms with E-state index in [9.17, 15) is 4.79 Å². The van der Waals surface area contributed by atoms with E-state index >= 15 is 0 Å². The van der Waals surface area contributed by atoms with Crippen LogP contribution in [0.25, 0.3) is 0 Å². The van der Waals surface area contributed by atoms with Gasteiger partial charge in [0.25, 0.3) is 0 Å². The smallest absolute Gasteiger partial charge is 0.326 e. The molecule has 1 saturated heterocycles. The lowest BCUT2D eigenvalue weighted by Crippen LogP contribution is -2.10. The van der Waals surface area contributed by atoms with Gasteiger partial charge in [-0.3, -0.25) is 4.79 Å². The minimum Gasteiger partial charge on any atom is -0.464 e.